The summed E-state index contributed by atoms with van der Waals surface area (Å²) in [5.41, 5.74) is 2.79. The lowest BCUT2D eigenvalue weighted by Crippen LogP contribution is -2.40. The summed E-state index contributed by atoms with van der Waals surface area (Å²) in [4.78, 5) is 21.7. The predicted molar refractivity (Wildman–Crippen MR) is 116 cm³/mol. The van der Waals surface area contributed by atoms with Crippen molar-refractivity contribution in [1.29, 1.82) is 0 Å². The number of sulfonamides is 1. The normalized spacial score (nSPS) is 16.7. The van der Waals surface area contributed by atoms with E-state index in [1.54, 1.807) is 18.2 Å². The van der Waals surface area contributed by atoms with Crippen LogP contribution in [0, 0.1) is 16.0 Å². The van der Waals surface area contributed by atoms with Crippen molar-refractivity contribution in [2.75, 3.05) is 25.3 Å². The molecule has 2 aromatic rings. The number of ether oxygens (including phenoxy) is 2. The van der Waals surface area contributed by atoms with E-state index in [1.807, 2.05) is 0 Å². The molecule has 0 atom stereocenters. The first-order valence-corrected chi connectivity index (χ1v) is 11.4. The molecule has 1 fully saturated rings. The van der Waals surface area contributed by atoms with E-state index in [2.05, 4.69) is 10.5 Å². The lowest BCUT2D eigenvalue weighted by atomic mass is 9.99. The Morgan fingerprint density at radius 2 is 1.91 bits per heavy atom. The molecule has 0 saturated carbocycles. The van der Waals surface area contributed by atoms with Gasteiger partial charge in [0.2, 0.25) is 16.8 Å². The number of carbonyl (C=O) groups is 1. The first kappa shape index (κ1) is 22.5. The van der Waals surface area contributed by atoms with Crippen LogP contribution < -0.4 is 14.9 Å². The minimum atomic E-state index is -4.01. The number of nitrogens with one attached hydrogen (secondary N) is 1. The Hall–Kier alpha value is -3.71. The number of nitro groups is 1. The fraction of sp³-hybridized carbons (Fsp3) is 0.300. The van der Waals surface area contributed by atoms with Crippen molar-refractivity contribution in [1.82, 2.24) is 4.31 Å². The minimum absolute atomic E-state index is 0.0144. The van der Waals surface area contributed by atoms with Gasteiger partial charge >= 0.3 is 5.97 Å². The van der Waals surface area contributed by atoms with Gasteiger partial charge in [-0.3, -0.25) is 20.3 Å². The van der Waals surface area contributed by atoms with Crippen molar-refractivity contribution < 1.29 is 32.7 Å². The topological polar surface area (TPSA) is 161 Å². The molecule has 12 nitrogen and oxygen atoms in total. The van der Waals surface area contributed by atoms with Crippen LogP contribution in [0.25, 0.3) is 0 Å². The van der Waals surface area contributed by atoms with Gasteiger partial charge < -0.3 is 14.6 Å². The number of anilines is 1. The van der Waals surface area contributed by atoms with Gasteiger partial charge in [0.25, 0.3) is 5.69 Å². The molecule has 0 bridgehead atoms. The highest BCUT2D eigenvalue weighted by Crippen LogP contribution is 2.33. The standard InChI is InChI=1S/C20H20N4O8S/c25-20(26)14-5-7-23(8-6-14)33(29,30)15-2-3-16(17(10-15)24(27)28)22-21-11-13-1-4-18-19(9-13)32-12-31-18/h1-4,9-11,14,22H,5-8,12H2,(H,25,26). The second kappa shape index (κ2) is 9.03. The smallest absolute Gasteiger partial charge is 0.306 e. The Morgan fingerprint density at radius 3 is 2.61 bits per heavy atom. The number of carboxylic acids is 1. The number of hydrogen-bond acceptors (Lipinski definition) is 9. The van der Waals surface area contributed by atoms with E-state index < -0.39 is 32.5 Å². The molecular formula is C20H20N4O8S. The van der Waals surface area contributed by atoms with Gasteiger partial charge in [0.1, 0.15) is 5.69 Å². The molecular weight excluding hydrogens is 456 g/mol. The van der Waals surface area contributed by atoms with Gasteiger partial charge in [0.15, 0.2) is 11.5 Å². The van der Waals surface area contributed by atoms with Gasteiger partial charge in [0.05, 0.1) is 22.0 Å². The molecule has 0 spiro atoms. The van der Waals surface area contributed by atoms with Gasteiger partial charge in [-0.25, -0.2) is 8.42 Å². The van der Waals surface area contributed by atoms with Crippen LogP contribution in [0.2, 0.25) is 0 Å². The molecule has 174 valence electrons. The number of benzene rings is 2. The van der Waals surface area contributed by atoms with Crippen molar-refractivity contribution in [3.8, 4) is 11.5 Å². The van der Waals surface area contributed by atoms with E-state index in [0.717, 1.165) is 10.4 Å². The molecule has 2 aliphatic heterocycles. The van der Waals surface area contributed by atoms with Crippen LogP contribution in [0.1, 0.15) is 18.4 Å². The lowest BCUT2D eigenvalue weighted by molar-refractivity contribution is -0.384. The summed E-state index contributed by atoms with van der Waals surface area (Å²) in [5, 5.41) is 24.6. The third kappa shape index (κ3) is 4.73. The number of nitro benzene ring substituents is 1. The Kier molecular flexibility index (Phi) is 6.16. The third-order valence-corrected chi connectivity index (χ3v) is 7.30. The van der Waals surface area contributed by atoms with Gasteiger partial charge in [-0.05, 0) is 48.7 Å². The molecule has 0 aliphatic carbocycles. The van der Waals surface area contributed by atoms with Crippen LogP contribution in [0.15, 0.2) is 46.4 Å². The van der Waals surface area contributed by atoms with Gasteiger partial charge in [-0.2, -0.15) is 9.41 Å². The average Bonchev–Trinajstić information content (AvgIpc) is 3.27. The summed E-state index contributed by atoms with van der Waals surface area (Å²) in [6, 6.07) is 8.64. The maximum absolute atomic E-state index is 12.9. The molecule has 4 rings (SSSR count). The molecule has 2 aliphatic rings. The molecule has 0 aromatic heterocycles. The van der Waals surface area contributed by atoms with Crippen molar-refractivity contribution in [3.63, 3.8) is 0 Å². The monoisotopic (exact) mass is 476 g/mol. The number of nitrogens with zero attached hydrogens (tertiary/aromatic N) is 3. The van der Waals surface area contributed by atoms with E-state index >= 15 is 0 Å². The summed E-state index contributed by atoms with van der Waals surface area (Å²) in [6.07, 6.45) is 1.80. The van der Waals surface area contributed by atoms with Crippen LogP contribution in [0.3, 0.4) is 0 Å². The number of piperidine rings is 1. The molecule has 1 saturated heterocycles. The number of hydrogen-bond donors (Lipinski definition) is 2. The number of hydrazone groups is 1. The highest BCUT2D eigenvalue weighted by atomic mass is 32.2. The zero-order valence-corrected chi connectivity index (χ0v) is 18.0. The van der Waals surface area contributed by atoms with E-state index in [-0.39, 0.29) is 43.3 Å². The van der Waals surface area contributed by atoms with Crippen LogP contribution in [0.4, 0.5) is 11.4 Å². The van der Waals surface area contributed by atoms with E-state index in [1.165, 1.54) is 18.3 Å². The second-order valence-corrected chi connectivity index (χ2v) is 9.37. The quantitative estimate of drug-likeness (QED) is 0.347. The molecule has 2 heterocycles. The van der Waals surface area contributed by atoms with Crippen molar-refractivity contribution >= 4 is 33.6 Å². The number of rotatable bonds is 7. The molecule has 33 heavy (non-hydrogen) atoms. The first-order chi connectivity index (χ1) is 15.8. The average molecular weight is 476 g/mol. The number of aliphatic carboxylic acids is 1. The molecule has 2 aromatic carbocycles. The van der Waals surface area contributed by atoms with Crippen molar-refractivity contribution in [2.24, 2.45) is 11.0 Å². The zero-order chi connectivity index (χ0) is 23.6. The minimum Gasteiger partial charge on any atom is -0.481 e. The number of carboxylic acid groups (broad SMARTS) is 1. The van der Waals surface area contributed by atoms with Crippen LogP contribution in [0.5, 0.6) is 11.5 Å². The second-order valence-electron chi connectivity index (χ2n) is 7.44. The van der Waals surface area contributed by atoms with E-state index in [0.29, 0.717) is 17.1 Å². The van der Waals surface area contributed by atoms with E-state index in [4.69, 9.17) is 14.6 Å². The summed E-state index contributed by atoms with van der Waals surface area (Å²) in [7, 11) is -4.01. The largest absolute Gasteiger partial charge is 0.481 e. The zero-order valence-electron chi connectivity index (χ0n) is 17.2. The summed E-state index contributed by atoms with van der Waals surface area (Å²) in [6.45, 7) is 0.201. The maximum Gasteiger partial charge on any atom is 0.306 e. The molecule has 0 radical (unpaired) electrons. The van der Waals surface area contributed by atoms with Gasteiger partial charge in [0, 0.05) is 19.2 Å². The van der Waals surface area contributed by atoms with Crippen LogP contribution in [-0.2, 0) is 14.8 Å². The van der Waals surface area contributed by atoms with E-state index in [9.17, 15) is 23.3 Å². The number of fused-ring (bicyclic) bond motifs is 1. The Bertz CT molecular complexity index is 1220. The molecule has 13 heteroatoms. The Labute approximate surface area is 188 Å². The highest BCUT2D eigenvalue weighted by molar-refractivity contribution is 7.89. The summed E-state index contributed by atoms with van der Waals surface area (Å²) < 4.78 is 37.5. The predicted octanol–water partition coefficient (Wildman–Crippen LogP) is 2.25. The van der Waals surface area contributed by atoms with Crippen LogP contribution >= 0.6 is 0 Å². The first-order valence-electron chi connectivity index (χ1n) is 9.96. The Balaban J connectivity index is 1.50. The van der Waals surface area contributed by atoms with Gasteiger partial charge in [-0.15, -0.1) is 0 Å². The maximum atomic E-state index is 12.9. The molecule has 2 N–H and O–H groups in total. The fourth-order valence-corrected chi connectivity index (χ4v) is 5.07. The lowest BCUT2D eigenvalue weighted by Gasteiger charge is -2.29. The Morgan fingerprint density at radius 1 is 1.18 bits per heavy atom. The van der Waals surface area contributed by atoms with Crippen molar-refractivity contribution in [2.45, 2.75) is 17.7 Å². The van der Waals surface area contributed by atoms with Crippen LogP contribution in [-0.4, -0.2) is 54.8 Å². The molecule has 0 amide bonds. The summed E-state index contributed by atoms with van der Waals surface area (Å²) >= 11 is 0. The van der Waals surface area contributed by atoms with Crippen molar-refractivity contribution in [3.05, 3.63) is 52.1 Å². The fourth-order valence-electron chi connectivity index (χ4n) is 3.58. The molecule has 0 unspecified atom stereocenters. The SMILES string of the molecule is O=C(O)C1CCN(S(=O)(=O)c2ccc(NN=Cc3ccc4c(c3)OCO4)c([N+](=O)[O-])c2)CC1. The third-order valence-electron chi connectivity index (χ3n) is 5.40. The van der Waals surface area contributed by atoms with Gasteiger partial charge in [-0.1, -0.05) is 0 Å². The highest BCUT2D eigenvalue weighted by Gasteiger charge is 2.33. The summed E-state index contributed by atoms with van der Waals surface area (Å²) in [5.74, 6) is -0.383.